The van der Waals surface area contributed by atoms with E-state index in [1.807, 2.05) is 0 Å². The van der Waals surface area contributed by atoms with Gasteiger partial charge >= 0.3 is 0 Å². The van der Waals surface area contributed by atoms with Crippen molar-refractivity contribution in [2.24, 2.45) is 10.8 Å². The van der Waals surface area contributed by atoms with Crippen molar-refractivity contribution in [3.05, 3.63) is 129 Å². The third kappa shape index (κ3) is 16.6. The highest BCUT2D eigenvalue weighted by Gasteiger charge is 2.29. The van der Waals surface area contributed by atoms with E-state index >= 15 is 0 Å². The number of hydrogen-bond acceptors (Lipinski definition) is 8. The van der Waals surface area contributed by atoms with Crippen LogP contribution in [0, 0.1) is 34.1 Å². The standard InChI is InChI=1S/2C27H37F2N3O2/c2*1-17(33)31-24(13-19-10-20(28)14-21(29)11-19)26(34)16-30-23-8-9-32(5)25-7-6-18(12-22(23)25)15-27(2,3)4/h2*6-7,10-12,14,23-24,26,30,34H,8-9,13,15-16H2,1-5H3,(H,31,33). The molecule has 372 valence electrons. The van der Waals surface area contributed by atoms with Crippen LogP contribution in [0.3, 0.4) is 0 Å². The SMILES string of the molecule is CC(=O)NC(Cc1cc(F)cc(F)c1)C(O)CNC1CCN(C)c2ccc(CC(C)(C)C)cc21.CC(=O)NC(Cc1cc(F)cc(F)c1)C(O)CNC1CCN(C)c2ccc(CC(C)(C)C)cc21. The zero-order valence-electron chi connectivity index (χ0n) is 41.6. The molecule has 2 aliphatic heterocycles. The molecule has 0 saturated carbocycles. The lowest BCUT2D eigenvalue weighted by molar-refractivity contribution is -0.121. The molecule has 4 aromatic rings. The summed E-state index contributed by atoms with van der Waals surface area (Å²) >= 11 is 0. The molecule has 0 aliphatic carbocycles. The second-order valence-corrected chi connectivity index (χ2v) is 21.3. The number of fused-ring (bicyclic) bond motifs is 2. The fourth-order valence-corrected chi connectivity index (χ4v) is 9.39. The molecule has 0 aromatic heterocycles. The van der Waals surface area contributed by atoms with E-state index in [4.69, 9.17) is 0 Å². The van der Waals surface area contributed by atoms with Crippen molar-refractivity contribution in [1.29, 1.82) is 0 Å². The van der Waals surface area contributed by atoms with Crippen LogP contribution in [-0.4, -0.2) is 86.6 Å². The van der Waals surface area contributed by atoms with Crippen LogP contribution < -0.4 is 31.1 Å². The molecule has 6 unspecified atom stereocenters. The minimum atomic E-state index is -0.934. The van der Waals surface area contributed by atoms with E-state index < -0.39 is 47.6 Å². The number of carbonyl (C=O) groups excluding carboxylic acids is 2. The van der Waals surface area contributed by atoms with Crippen molar-refractivity contribution in [2.45, 2.75) is 130 Å². The largest absolute Gasteiger partial charge is 0.390 e. The van der Waals surface area contributed by atoms with Crippen molar-refractivity contribution >= 4 is 23.2 Å². The lowest BCUT2D eigenvalue weighted by Gasteiger charge is -2.35. The van der Waals surface area contributed by atoms with Crippen LogP contribution in [0.1, 0.15) is 114 Å². The van der Waals surface area contributed by atoms with Crippen LogP contribution in [-0.2, 0) is 35.3 Å². The highest BCUT2D eigenvalue weighted by molar-refractivity contribution is 5.73. The molecule has 2 amide bonds. The normalized spacial score (nSPS) is 17.8. The van der Waals surface area contributed by atoms with Gasteiger partial charge in [-0.05, 0) is 119 Å². The van der Waals surface area contributed by atoms with E-state index in [1.54, 1.807) is 0 Å². The van der Waals surface area contributed by atoms with Gasteiger partial charge in [0, 0.05) is 89.7 Å². The molecule has 0 bridgehead atoms. The molecular weight excluding hydrogens is 873 g/mol. The topological polar surface area (TPSA) is 129 Å². The minimum Gasteiger partial charge on any atom is -0.390 e. The maximum absolute atomic E-state index is 13.6. The van der Waals surface area contributed by atoms with Gasteiger partial charge in [0.1, 0.15) is 23.3 Å². The van der Waals surface area contributed by atoms with E-state index in [0.29, 0.717) is 11.1 Å². The molecule has 6 N–H and O–H groups in total. The van der Waals surface area contributed by atoms with Crippen molar-refractivity contribution < 1.29 is 37.4 Å². The Labute approximate surface area is 401 Å². The number of nitrogens with one attached hydrogen (secondary N) is 4. The van der Waals surface area contributed by atoms with E-state index in [0.717, 1.165) is 50.9 Å². The summed E-state index contributed by atoms with van der Waals surface area (Å²) in [6, 6.07) is 18.5. The number of hydrogen-bond donors (Lipinski definition) is 6. The van der Waals surface area contributed by atoms with Gasteiger partial charge in [0.2, 0.25) is 11.8 Å². The Bertz CT molecular complexity index is 2130. The second-order valence-electron chi connectivity index (χ2n) is 21.3. The first-order valence-electron chi connectivity index (χ1n) is 23.8. The molecule has 4 aromatic carbocycles. The number of amides is 2. The first-order valence-corrected chi connectivity index (χ1v) is 23.8. The van der Waals surface area contributed by atoms with Crippen molar-refractivity contribution in [2.75, 3.05) is 50.1 Å². The Hall–Kier alpha value is -5.02. The van der Waals surface area contributed by atoms with Crippen molar-refractivity contribution in [3.63, 3.8) is 0 Å². The first-order chi connectivity index (χ1) is 31.8. The number of rotatable bonds is 16. The third-order valence-electron chi connectivity index (χ3n) is 12.3. The Morgan fingerprint density at radius 2 is 0.912 bits per heavy atom. The zero-order valence-corrected chi connectivity index (χ0v) is 41.6. The predicted octanol–water partition coefficient (Wildman–Crippen LogP) is 8.26. The summed E-state index contributed by atoms with van der Waals surface area (Å²) < 4.78 is 54.5. The maximum Gasteiger partial charge on any atom is 0.217 e. The smallest absolute Gasteiger partial charge is 0.217 e. The van der Waals surface area contributed by atoms with Gasteiger partial charge in [-0.2, -0.15) is 0 Å². The summed E-state index contributed by atoms with van der Waals surface area (Å²) in [5, 5.41) is 34.3. The van der Waals surface area contributed by atoms with E-state index in [2.05, 4.69) is 123 Å². The summed E-state index contributed by atoms with van der Waals surface area (Å²) in [5.74, 6) is -3.34. The molecule has 0 spiro atoms. The highest BCUT2D eigenvalue weighted by Crippen LogP contribution is 2.37. The summed E-state index contributed by atoms with van der Waals surface area (Å²) in [6.45, 7) is 18.3. The molecule has 2 heterocycles. The maximum atomic E-state index is 13.6. The molecule has 0 radical (unpaired) electrons. The number of anilines is 2. The fraction of sp³-hybridized carbons (Fsp3) is 0.519. The van der Waals surface area contributed by atoms with Crippen LogP contribution in [0.5, 0.6) is 0 Å². The molecule has 68 heavy (non-hydrogen) atoms. The molecular formula is C54H74F4N6O4. The van der Waals surface area contributed by atoms with Gasteiger partial charge < -0.3 is 41.3 Å². The van der Waals surface area contributed by atoms with Gasteiger partial charge in [0.05, 0.1) is 24.3 Å². The Kier molecular flexibility index (Phi) is 18.7. The van der Waals surface area contributed by atoms with Crippen molar-refractivity contribution in [3.8, 4) is 0 Å². The fourth-order valence-electron chi connectivity index (χ4n) is 9.39. The Morgan fingerprint density at radius 3 is 1.22 bits per heavy atom. The van der Waals surface area contributed by atoms with Gasteiger partial charge in [-0.25, -0.2) is 17.6 Å². The zero-order chi connectivity index (χ0) is 50.1. The first kappa shape index (κ1) is 53.9. The average Bonchev–Trinajstić information content (AvgIpc) is 3.20. The molecule has 6 atom stereocenters. The van der Waals surface area contributed by atoms with Crippen LogP contribution in [0.4, 0.5) is 28.9 Å². The molecule has 2 aliphatic rings. The molecule has 0 fully saturated rings. The number of benzene rings is 4. The monoisotopic (exact) mass is 947 g/mol. The Morgan fingerprint density at radius 1 is 0.574 bits per heavy atom. The molecule has 10 nitrogen and oxygen atoms in total. The van der Waals surface area contributed by atoms with Gasteiger partial charge in [-0.1, -0.05) is 65.8 Å². The second kappa shape index (κ2) is 23.5. The predicted molar refractivity (Wildman–Crippen MR) is 264 cm³/mol. The Balaban J connectivity index is 0.000000254. The number of carbonyl (C=O) groups is 2. The number of nitrogens with zero attached hydrogens (tertiary/aromatic N) is 2. The molecule has 14 heteroatoms. The number of aliphatic hydroxyl groups excluding tert-OH is 2. The summed E-state index contributed by atoms with van der Waals surface area (Å²) in [7, 11) is 4.16. The minimum absolute atomic E-state index is 0.0605. The lowest BCUT2D eigenvalue weighted by atomic mass is 9.86. The third-order valence-corrected chi connectivity index (χ3v) is 12.3. The number of halogens is 4. The molecule has 0 saturated heterocycles. The van der Waals surface area contributed by atoms with Gasteiger partial charge in [-0.15, -0.1) is 0 Å². The van der Waals surface area contributed by atoms with Crippen LogP contribution >= 0.6 is 0 Å². The number of aliphatic hydroxyl groups is 2. The quantitative estimate of drug-likeness (QED) is 0.0621. The van der Waals surface area contributed by atoms with Gasteiger partial charge in [0.15, 0.2) is 0 Å². The van der Waals surface area contributed by atoms with Crippen molar-refractivity contribution in [1.82, 2.24) is 21.3 Å². The lowest BCUT2D eigenvalue weighted by Crippen LogP contribution is -2.49. The van der Waals surface area contributed by atoms with E-state index in [9.17, 15) is 37.4 Å². The average molecular weight is 947 g/mol. The van der Waals surface area contributed by atoms with Crippen LogP contribution in [0.2, 0.25) is 0 Å². The molecule has 6 rings (SSSR count). The summed E-state index contributed by atoms with van der Waals surface area (Å²) in [5.41, 5.74) is 8.41. The van der Waals surface area contributed by atoms with Crippen LogP contribution in [0.25, 0.3) is 0 Å². The summed E-state index contributed by atoms with van der Waals surface area (Å²) in [6.07, 6.45) is 2.08. The van der Waals surface area contributed by atoms with E-state index in [1.165, 1.54) is 71.7 Å². The van der Waals surface area contributed by atoms with Gasteiger partial charge in [-0.3, -0.25) is 9.59 Å². The van der Waals surface area contributed by atoms with Gasteiger partial charge in [0.25, 0.3) is 0 Å². The van der Waals surface area contributed by atoms with Crippen LogP contribution in [0.15, 0.2) is 72.8 Å². The van der Waals surface area contributed by atoms with E-state index in [-0.39, 0.29) is 60.7 Å². The highest BCUT2D eigenvalue weighted by atomic mass is 19.1. The summed E-state index contributed by atoms with van der Waals surface area (Å²) in [4.78, 5) is 28.0.